The second kappa shape index (κ2) is 8.75. The molecule has 0 saturated heterocycles. The van der Waals surface area contributed by atoms with Crippen molar-refractivity contribution in [1.29, 1.82) is 0 Å². The van der Waals surface area contributed by atoms with Gasteiger partial charge in [-0.2, -0.15) is 4.98 Å². The largest absolute Gasteiger partial charge is 1.00 e. The Hall–Kier alpha value is -1.99. The number of rotatable bonds is 5. The molecule has 2 aromatic rings. The molecule has 0 bridgehead atoms. The quantitative estimate of drug-likeness (QED) is 0.360. The Morgan fingerprint density at radius 2 is 1.83 bits per heavy atom. The van der Waals surface area contributed by atoms with Gasteiger partial charge in [-0.15, -0.1) is 0 Å². The summed E-state index contributed by atoms with van der Waals surface area (Å²) in [5.74, 6) is -1.49. The minimum absolute atomic E-state index is 0. The number of aromatic amines is 2. The van der Waals surface area contributed by atoms with Crippen LogP contribution in [0.25, 0.3) is 0 Å². The van der Waals surface area contributed by atoms with Gasteiger partial charge in [-0.05, 0) is 55.6 Å². The summed E-state index contributed by atoms with van der Waals surface area (Å²) < 4.78 is 0.399. The van der Waals surface area contributed by atoms with E-state index in [-0.39, 0.29) is 34.4 Å². The van der Waals surface area contributed by atoms with Gasteiger partial charge >= 0.3 is 18.9 Å². The Labute approximate surface area is 159 Å². The first-order chi connectivity index (χ1) is 10.8. The molecule has 0 aliphatic rings. The monoisotopic (exact) mass is 357 g/mol. The summed E-state index contributed by atoms with van der Waals surface area (Å²) in [7, 11) is 0. The summed E-state index contributed by atoms with van der Waals surface area (Å²) >= 11 is 9.77. The minimum atomic E-state index is -1.21. The number of aliphatic carboxylic acids is 1. The molecule has 4 N–H and O–H groups in total. The Bertz CT molecular complexity index is 821. The first-order valence-electron chi connectivity index (χ1n) is 6.44. The van der Waals surface area contributed by atoms with Crippen LogP contribution in [0.3, 0.4) is 0 Å². The van der Waals surface area contributed by atoms with Crippen molar-refractivity contribution >= 4 is 47.9 Å². The van der Waals surface area contributed by atoms with Crippen molar-refractivity contribution in [1.82, 2.24) is 15.0 Å². The van der Waals surface area contributed by atoms with Gasteiger partial charge in [0.15, 0.2) is 4.77 Å². The molecule has 0 spiro atoms. The third-order valence-corrected chi connectivity index (χ3v) is 3.18. The van der Waals surface area contributed by atoms with E-state index in [1.165, 1.54) is 19.1 Å². The van der Waals surface area contributed by atoms with E-state index in [0.29, 0.717) is 11.3 Å². The smallest absolute Gasteiger partial charge is 0.548 e. The van der Waals surface area contributed by atoms with Gasteiger partial charge in [0.25, 0.3) is 5.91 Å². The summed E-state index contributed by atoms with van der Waals surface area (Å²) in [4.78, 5) is 31.9. The third-order valence-electron chi connectivity index (χ3n) is 2.78. The number of aromatic nitrogens is 3. The Morgan fingerprint density at radius 3 is 2.38 bits per heavy atom. The number of carbonyl (C=O) groups is 2. The molecule has 0 fully saturated rings. The molecule has 120 valence electrons. The number of amides is 1. The number of hydrogen-bond acceptors (Lipinski definition) is 7. The zero-order valence-corrected chi connectivity index (χ0v) is 14.5. The SMILES string of the molecule is CC(Nc1ccc(C(=O)Nc2nc(=S)[nH]c(=S)[nH]2)cc1)C(=O)[O-].[Li+]. The molecule has 24 heavy (non-hydrogen) atoms. The third kappa shape index (κ3) is 5.58. The standard InChI is InChI=1S/C13H13N5O3S2.Li/c1-6(10(20)21)14-8-4-2-7(3-5-8)9(19)15-11-16-12(22)18-13(23)17-11;/h2-6,14H,1H3,(H,20,21)(H3,15,16,17,18,19,22,23);/q;+1/p-1. The van der Waals surface area contributed by atoms with Crippen LogP contribution in [0.15, 0.2) is 24.3 Å². The average molecular weight is 357 g/mol. The van der Waals surface area contributed by atoms with Crippen LogP contribution in [0.2, 0.25) is 0 Å². The van der Waals surface area contributed by atoms with Gasteiger partial charge in [-0.25, -0.2) is 0 Å². The van der Waals surface area contributed by atoms with Gasteiger partial charge in [-0.1, -0.05) is 0 Å². The summed E-state index contributed by atoms with van der Waals surface area (Å²) in [6.07, 6.45) is 0. The Morgan fingerprint density at radius 1 is 1.21 bits per heavy atom. The topological polar surface area (TPSA) is 126 Å². The van der Waals surface area contributed by atoms with Crippen LogP contribution in [0, 0.1) is 9.54 Å². The van der Waals surface area contributed by atoms with Gasteiger partial charge in [-0.3, -0.25) is 10.1 Å². The fourth-order valence-corrected chi connectivity index (χ4v) is 2.11. The zero-order chi connectivity index (χ0) is 17.0. The Balaban J connectivity index is 0.00000288. The minimum Gasteiger partial charge on any atom is -0.548 e. The van der Waals surface area contributed by atoms with E-state index in [0.717, 1.165) is 0 Å². The van der Waals surface area contributed by atoms with Crippen LogP contribution in [0.5, 0.6) is 0 Å². The van der Waals surface area contributed by atoms with Gasteiger partial charge < -0.3 is 25.2 Å². The van der Waals surface area contributed by atoms with Crippen LogP contribution in [-0.2, 0) is 4.79 Å². The van der Waals surface area contributed by atoms with Crippen LogP contribution < -0.4 is 34.6 Å². The number of hydrogen-bond donors (Lipinski definition) is 4. The molecular formula is C13H12LiN5O3S2. The van der Waals surface area contributed by atoms with Crippen molar-refractivity contribution < 1.29 is 33.6 Å². The molecule has 0 radical (unpaired) electrons. The number of benzene rings is 1. The first kappa shape index (κ1) is 20.1. The molecule has 1 heterocycles. The molecule has 1 atom stereocenters. The van der Waals surface area contributed by atoms with Crippen LogP contribution in [0.1, 0.15) is 17.3 Å². The second-order valence-corrected chi connectivity index (χ2v) is 5.36. The van der Waals surface area contributed by atoms with Crippen molar-refractivity contribution in [3.63, 3.8) is 0 Å². The fourth-order valence-electron chi connectivity index (χ4n) is 1.66. The van der Waals surface area contributed by atoms with E-state index in [4.69, 9.17) is 24.4 Å². The van der Waals surface area contributed by atoms with E-state index in [2.05, 4.69) is 25.6 Å². The zero-order valence-electron chi connectivity index (χ0n) is 12.9. The summed E-state index contributed by atoms with van der Waals surface area (Å²) in [6, 6.07) is 5.41. The van der Waals surface area contributed by atoms with Crippen LogP contribution in [-0.4, -0.2) is 32.9 Å². The van der Waals surface area contributed by atoms with Gasteiger partial charge in [0.05, 0.1) is 12.0 Å². The van der Waals surface area contributed by atoms with Crippen molar-refractivity contribution in [3.8, 4) is 0 Å². The molecule has 1 aromatic heterocycles. The van der Waals surface area contributed by atoms with Gasteiger partial charge in [0.2, 0.25) is 10.7 Å². The summed E-state index contributed by atoms with van der Waals surface area (Å²) in [5.41, 5.74) is 0.912. The van der Waals surface area contributed by atoms with Crippen molar-refractivity contribution in [2.24, 2.45) is 0 Å². The molecule has 1 unspecified atom stereocenters. The predicted molar refractivity (Wildman–Crippen MR) is 87.1 cm³/mol. The van der Waals surface area contributed by atoms with Crippen LogP contribution >= 0.6 is 24.4 Å². The van der Waals surface area contributed by atoms with Gasteiger partial charge in [0, 0.05) is 11.3 Å². The van der Waals surface area contributed by atoms with Crippen LogP contribution in [0.4, 0.5) is 11.6 Å². The van der Waals surface area contributed by atoms with E-state index < -0.39 is 17.9 Å². The normalized spacial score (nSPS) is 11.0. The molecule has 1 aromatic carbocycles. The van der Waals surface area contributed by atoms with Crippen molar-refractivity contribution in [2.45, 2.75) is 13.0 Å². The van der Waals surface area contributed by atoms with E-state index in [1.54, 1.807) is 12.1 Å². The maximum absolute atomic E-state index is 12.1. The number of nitrogens with zero attached hydrogens (tertiary/aromatic N) is 1. The predicted octanol–water partition coefficient (Wildman–Crippen LogP) is -2.00. The molecule has 0 aliphatic heterocycles. The number of carboxylic acid groups (broad SMARTS) is 1. The van der Waals surface area contributed by atoms with E-state index in [9.17, 15) is 14.7 Å². The summed E-state index contributed by atoms with van der Waals surface area (Å²) in [6.45, 7) is 1.46. The first-order valence-corrected chi connectivity index (χ1v) is 7.26. The average Bonchev–Trinajstić information content (AvgIpc) is 2.46. The molecule has 1 amide bonds. The number of H-pyrrole nitrogens is 2. The van der Waals surface area contributed by atoms with E-state index >= 15 is 0 Å². The second-order valence-electron chi connectivity index (χ2n) is 4.56. The summed E-state index contributed by atoms with van der Waals surface area (Å²) in [5, 5.41) is 15.9. The Kier molecular flexibility index (Phi) is 7.31. The number of anilines is 2. The fraction of sp³-hybridized carbons (Fsp3) is 0.154. The maximum atomic E-state index is 12.1. The van der Waals surface area contributed by atoms with Crippen molar-refractivity contribution in [3.05, 3.63) is 39.4 Å². The maximum Gasteiger partial charge on any atom is 1.00 e. The molecule has 8 nitrogen and oxygen atoms in total. The number of carbonyl (C=O) groups excluding carboxylic acids is 2. The van der Waals surface area contributed by atoms with E-state index in [1.807, 2.05) is 0 Å². The molecule has 11 heteroatoms. The number of carboxylic acids is 1. The molecular weight excluding hydrogens is 345 g/mol. The molecule has 0 aliphatic carbocycles. The van der Waals surface area contributed by atoms with Crippen molar-refractivity contribution in [2.75, 3.05) is 10.6 Å². The number of nitrogens with one attached hydrogen (secondary N) is 4. The molecule has 2 rings (SSSR count). The molecule has 0 saturated carbocycles. The van der Waals surface area contributed by atoms with Gasteiger partial charge in [0.1, 0.15) is 0 Å².